The van der Waals surface area contributed by atoms with E-state index in [0.29, 0.717) is 0 Å². The van der Waals surface area contributed by atoms with Crippen LogP contribution in [0.1, 0.15) is 19.8 Å². The molecular formula is C24H31N3S. The van der Waals surface area contributed by atoms with Crippen LogP contribution in [0.2, 0.25) is 0 Å². The van der Waals surface area contributed by atoms with E-state index in [1.54, 1.807) is 0 Å². The second-order valence-electron chi connectivity index (χ2n) is 7.97. The molecule has 0 bridgehead atoms. The average molecular weight is 394 g/mol. The fourth-order valence-electron chi connectivity index (χ4n) is 3.85. The van der Waals surface area contributed by atoms with E-state index in [0.717, 1.165) is 45.7 Å². The molecule has 0 unspecified atom stereocenters. The second kappa shape index (κ2) is 9.17. The van der Waals surface area contributed by atoms with Gasteiger partial charge in [0, 0.05) is 49.9 Å². The molecule has 0 saturated carbocycles. The molecule has 148 valence electrons. The van der Waals surface area contributed by atoms with E-state index < -0.39 is 0 Å². The molecule has 2 aliphatic rings. The highest BCUT2D eigenvalue weighted by Gasteiger charge is 2.14. The summed E-state index contributed by atoms with van der Waals surface area (Å²) >= 11 is 1.89. The lowest BCUT2D eigenvalue weighted by Crippen LogP contribution is -2.44. The first-order valence-electron chi connectivity index (χ1n) is 10.4. The predicted octanol–water partition coefficient (Wildman–Crippen LogP) is 5.15. The molecule has 2 heterocycles. The standard InChI is InChI=1S/C24H31N3S/c1-20-4-3-14-27(15-13-20)28-24-11-7-22(8-12-24)21-5-9-23(10-6-21)26-18-16-25(2)17-19-26/h4-12H,3,13-19H2,1-2H3. The summed E-state index contributed by atoms with van der Waals surface area (Å²) in [5, 5.41) is 0. The van der Waals surface area contributed by atoms with Crippen molar-refractivity contribution in [2.45, 2.75) is 24.7 Å². The SMILES string of the molecule is CC1=CCCN(Sc2ccc(-c3ccc(N4CCN(C)CC4)cc3)cc2)CC1. The molecule has 0 atom stereocenters. The van der Waals surface area contributed by atoms with E-state index in [4.69, 9.17) is 0 Å². The molecule has 0 spiro atoms. The number of piperazine rings is 1. The van der Waals surface area contributed by atoms with Crippen molar-refractivity contribution in [2.75, 3.05) is 51.2 Å². The molecule has 4 rings (SSSR count). The van der Waals surface area contributed by atoms with Crippen molar-refractivity contribution in [2.24, 2.45) is 0 Å². The Kier molecular flexibility index (Phi) is 6.40. The molecule has 2 aliphatic heterocycles. The molecule has 1 saturated heterocycles. The maximum Gasteiger partial charge on any atom is 0.0367 e. The highest BCUT2D eigenvalue weighted by molar-refractivity contribution is 7.97. The maximum atomic E-state index is 2.49. The summed E-state index contributed by atoms with van der Waals surface area (Å²) in [6.07, 6.45) is 4.73. The summed E-state index contributed by atoms with van der Waals surface area (Å²) in [5.74, 6) is 0. The van der Waals surface area contributed by atoms with Gasteiger partial charge in [-0.2, -0.15) is 0 Å². The van der Waals surface area contributed by atoms with Crippen LogP contribution in [-0.2, 0) is 0 Å². The summed E-state index contributed by atoms with van der Waals surface area (Å²) in [7, 11) is 2.20. The largest absolute Gasteiger partial charge is 0.369 e. The van der Waals surface area contributed by atoms with Crippen molar-refractivity contribution in [3.63, 3.8) is 0 Å². The van der Waals surface area contributed by atoms with Crippen LogP contribution in [0.15, 0.2) is 65.1 Å². The van der Waals surface area contributed by atoms with E-state index in [1.165, 1.54) is 33.7 Å². The molecule has 3 nitrogen and oxygen atoms in total. The zero-order chi connectivity index (χ0) is 19.3. The number of nitrogens with zero attached hydrogens (tertiary/aromatic N) is 3. The minimum absolute atomic E-state index is 1.12. The van der Waals surface area contributed by atoms with Crippen LogP contribution in [0.4, 0.5) is 5.69 Å². The van der Waals surface area contributed by atoms with Crippen molar-refractivity contribution in [1.29, 1.82) is 0 Å². The molecule has 4 heteroatoms. The molecule has 2 aromatic carbocycles. The topological polar surface area (TPSA) is 9.72 Å². The van der Waals surface area contributed by atoms with Gasteiger partial charge in [0.25, 0.3) is 0 Å². The van der Waals surface area contributed by atoms with Gasteiger partial charge in [-0.3, -0.25) is 0 Å². The third-order valence-corrected chi connectivity index (χ3v) is 6.89. The summed E-state index contributed by atoms with van der Waals surface area (Å²) in [4.78, 5) is 6.21. The first-order chi connectivity index (χ1) is 13.7. The van der Waals surface area contributed by atoms with Crippen LogP contribution >= 0.6 is 11.9 Å². The van der Waals surface area contributed by atoms with Crippen LogP contribution < -0.4 is 4.90 Å². The van der Waals surface area contributed by atoms with Crippen LogP contribution in [0.25, 0.3) is 11.1 Å². The smallest absolute Gasteiger partial charge is 0.0367 e. The molecule has 0 amide bonds. The zero-order valence-electron chi connectivity index (χ0n) is 17.1. The number of rotatable bonds is 4. The second-order valence-corrected chi connectivity index (χ2v) is 9.14. The fourth-order valence-corrected chi connectivity index (χ4v) is 4.78. The number of anilines is 1. The van der Waals surface area contributed by atoms with Gasteiger partial charge in [0.15, 0.2) is 0 Å². The van der Waals surface area contributed by atoms with Gasteiger partial charge in [-0.15, -0.1) is 0 Å². The minimum Gasteiger partial charge on any atom is -0.369 e. The Hall–Kier alpha value is -1.75. The number of likely N-dealkylation sites (N-methyl/N-ethyl adjacent to an activating group) is 1. The van der Waals surface area contributed by atoms with E-state index in [-0.39, 0.29) is 0 Å². The highest BCUT2D eigenvalue weighted by atomic mass is 32.2. The number of hydrogen-bond acceptors (Lipinski definition) is 4. The van der Waals surface area contributed by atoms with Crippen molar-refractivity contribution < 1.29 is 0 Å². The quantitative estimate of drug-likeness (QED) is 0.524. The molecule has 2 aromatic rings. The van der Waals surface area contributed by atoms with Crippen LogP contribution in [0, 0.1) is 0 Å². The third kappa shape index (κ3) is 4.99. The molecule has 0 radical (unpaired) electrons. The molecule has 0 N–H and O–H groups in total. The number of benzene rings is 2. The van der Waals surface area contributed by atoms with E-state index in [1.807, 2.05) is 11.9 Å². The Labute approximate surface area is 174 Å². The minimum atomic E-state index is 1.12. The summed E-state index contributed by atoms with van der Waals surface area (Å²) < 4.78 is 2.49. The van der Waals surface area contributed by atoms with Gasteiger partial charge in [-0.1, -0.05) is 35.9 Å². The number of hydrogen-bond donors (Lipinski definition) is 0. The maximum absolute atomic E-state index is 2.49. The van der Waals surface area contributed by atoms with Gasteiger partial charge < -0.3 is 9.80 Å². The van der Waals surface area contributed by atoms with Gasteiger partial charge in [0.05, 0.1) is 0 Å². The van der Waals surface area contributed by atoms with Gasteiger partial charge in [-0.25, -0.2) is 4.31 Å². The Morgan fingerprint density at radius 3 is 2.07 bits per heavy atom. The first-order valence-corrected chi connectivity index (χ1v) is 11.2. The molecule has 28 heavy (non-hydrogen) atoms. The van der Waals surface area contributed by atoms with Crippen LogP contribution in [0.3, 0.4) is 0 Å². The molecule has 0 aliphatic carbocycles. The molecule has 1 fully saturated rings. The van der Waals surface area contributed by atoms with Crippen molar-refractivity contribution in [1.82, 2.24) is 9.21 Å². The predicted molar refractivity (Wildman–Crippen MR) is 122 cm³/mol. The van der Waals surface area contributed by atoms with Crippen molar-refractivity contribution in [3.05, 3.63) is 60.2 Å². The summed E-state index contributed by atoms with van der Waals surface area (Å²) in [6, 6.07) is 18.1. The summed E-state index contributed by atoms with van der Waals surface area (Å²) in [6.45, 7) is 9.06. The van der Waals surface area contributed by atoms with Gasteiger partial charge >= 0.3 is 0 Å². The normalized spacial score (nSPS) is 19.4. The van der Waals surface area contributed by atoms with Crippen LogP contribution in [-0.4, -0.2) is 55.5 Å². The zero-order valence-corrected chi connectivity index (χ0v) is 17.9. The summed E-state index contributed by atoms with van der Waals surface area (Å²) in [5.41, 5.74) is 5.46. The van der Waals surface area contributed by atoms with Crippen LogP contribution in [0.5, 0.6) is 0 Å². The lowest BCUT2D eigenvalue weighted by molar-refractivity contribution is 0.313. The Bertz CT molecular complexity index is 790. The average Bonchev–Trinajstić information content (AvgIpc) is 2.93. The highest BCUT2D eigenvalue weighted by Crippen LogP contribution is 2.29. The van der Waals surface area contributed by atoms with Gasteiger partial charge in [-0.05, 0) is 74.2 Å². The van der Waals surface area contributed by atoms with E-state index in [2.05, 4.69) is 82.7 Å². The molecular weight excluding hydrogens is 362 g/mol. The Morgan fingerprint density at radius 1 is 0.750 bits per heavy atom. The Morgan fingerprint density at radius 2 is 1.39 bits per heavy atom. The third-order valence-electron chi connectivity index (χ3n) is 5.78. The first kappa shape index (κ1) is 19.6. The van der Waals surface area contributed by atoms with Crippen molar-refractivity contribution in [3.8, 4) is 11.1 Å². The monoisotopic (exact) mass is 393 g/mol. The van der Waals surface area contributed by atoms with E-state index in [9.17, 15) is 0 Å². The fraction of sp³-hybridized carbons (Fsp3) is 0.417. The molecule has 0 aromatic heterocycles. The van der Waals surface area contributed by atoms with E-state index >= 15 is 0 Å². The van der Waals surface area contributed by atoms with Crippen molar-refractivity contribution >= 4 is 17.6 Å². The lowest BCUT2D eigenvalue weighted by atomic mass is 10.1. The van der Waals surface area contributed by atoms with Gasteiger partial charge in [0.2, 0.25) is 0 Å². The lowest BCUT2D eigenvalue weighted by Gasteiger charge is -2.34. The Balaban J connectivity index is 1.37. The van der Waals surface area contributed by atoms with Gasteiger partial charge in [0.1, 0.15) is 0 Å².